The van der Waals surface area contributed by atoms with E-state index < -0.39 is 0 Å². The SMILES string of the molecule is O=C1CCC(CCC(=O)N2CC[C@H](c3ccccc3F)C2)=NN1. The van der Waals surface area contributed by atoms with Crippen molar-refractivity contribution in [3.05, 3.63) is 35.6 Å². The maximum absolute atomic E-state index is 13.8. The first-order valence-electron chi connectivity index (χ1n) is 8.00. The number of hydrogen-bond acceptors (Lipinski definition) is 3. The third-order valence-electron chi connectivity index (χ3n) is 4.49. The molecule has 1 aromatic rings. The molecule has 1 atom stereocenters. The number of carbonyl (C=O) groups excluding carboxylic acids is 2. The van der Waals surface area contributed by atoms with E-state index in [0.29, 0.717) is 44.3 Å². The first kappa shape index (κ1) is 15.6. The van der Waals surface area contributed by atoms with Crippen molar-refractivity contribution in [1.29, 1.82) is 0 Å². The molecule has 3 rings (SSSR count). The monoisotopic (exact) mass is 317 g/mol. The summed E-state index contributed by atoms with van der Waals surface area (Å²) in [6.45, 7) is 1.24. The molecular weight excluding hydrogens is 297 g/mol. The molecule has 0 saturated carbocycles. The second-order valence-corrected chi connectivity index (χ2v) is 6.06. The number of rotatable bonds is 4. The van der Waals surface area contributed by atoms with Gasteiger partial charge in [-0.05, 0) is 30.9 Å². The number of hydrazone groups is 1. The molecule has 122 valence electrons. The van der Waals surface area contributed by atoms with E-state index in [-0.39, 0.29) is 23.5 Å². The Bertz CT molecular complexity index is 644. The molecule has 23 heavy (non-hydrogen) atoms. The van der Waals surface area contributed by atoms with Gasteiger partial charge in [-0.3, -0.25) is 9.59 Å². The van der Waals surface area contributed by atoms with E-state index in [0.717, 1.165) is 12.1 Å². The van der Waals surface area contributed by atoms with Crippen molar-refractivity contribution in [3.63, 3.8) is 0 Å². The second kappa shape index (κ2) is 6.89. The van der Waals surface area contributed by atoms with Crippen molar-refractivity contribution >= 4 is 17.5 Å². The van der Waals surface area contributed by atoms with Crippen molar-refractivity contribution in [2.24, 2.45) is 5.10 Å². The molecule has 1 aromatic carbocycles. The minimum atomic E-state index is -0.195. The van der Waals surface area contributed by atoms with Crippen molar-refractivity contribution in [1.82, 2.24) is 10.3 Å². The van der Waals surface area contributed by atoms with Gasteiger partial charge in [0.1, 0.15) is 5.82 Å². The molecule has 6 heteroatoms. The van der Waals surface area contributed by atoms with Gasteiger partial charge in [0.25, 0.3) is 0 Å². The van der Waals surface area contributed by atoms with Crippen LogP contribution in [-0.2, 0) is 9.59 Å². The molecule has 2 amide bonds. The average Bonchev–Trinajstić information content (AvgIpc) is 3.04. The summed E-state index contributed by atoms with van der Waals surface area (Å²) in [4.78, 5) is 25.1. The predicted molar refractivity (Wildman–Crippen MR) is 84.4 cm³/mol. The average molecular weight is 317 g/mol. The van der Waals surface area contributed by atoms with Crippen LogP contribution in [0, 0.1) is 5.82 Å². The zero-order valence-corrected chi connectivity index (χ0v) is 12.9. The minimum absolute atomic E-state index is 0.0726. The van der Waals surface area contributed by atoms with Gasteiger partial charge in [0.05, 0.1) is 0 Å². The van der Waals surface area contributed by atoms with Crippen molar-refractivity contribution < 1.29 is 14.0 Å². The molecule has 0 aromatic heterocycles. The van der Waals surface area contributed by atoms with E-state index in [4.69, 9.17) is 0 Å². The summed E-state index contributed by atoms with van der Waals surface area (Å²) in [5.74, 6) is -0.124. The van der Waals surface area contributed by atoms with E-state index in [9.17, 15) is 14.0 Å². The fourth-order valence-electron chi connectivity index (χ4n) is 3.15. The Balaban J connectivity index is 1.52. The van der Waals surface area contributed by atoms with Crippen LogP contribution < -0.4 is 5.43 Å². The fourth-order valence-corrected chi connectivity index (χ4v) is 3.15. The first-order valence-corrected chi connectivity index (χ1v) is 8.00. The molecule has 2 heterocycles. The van der Waals surface area contributed by atoms with Gasteiger partial charge in [0, 0.05) is 37.6 Å². The normalized spacial score (nSPS) is 21.1. The third kappa shape index (κ3) is 3.75. The van der Waals surface area contributed by atoms with Crippen LogP contribution in [0.5, 0.6) is 0 Å². The topological polar surface area (TPSA) is 61.8 Å². The molecule has 1 saturated heterocycles. The number of likely N-dealkylation sites (tertiary alicyclic amines) is 1. The fraction of sp³-hybridized carbons (Fsp3) is 0.471. The van der Waals surface area contributed by atoms with Crippen molar-refractivity contribution in [2.45, 2.75) is 38.0 Å². The summed E-state index contributed by atoms with van der Waals surface area (Å²) in [7, 11) is 0. The Hall–Kier alpha value is -2.24. The highest BCUT2D eigenvalue weighted by atomic mass is 19.1. The van der Waals surface area contributed by atoms with Crippen molar-refractivity contribution in [2.75, 3.05) is 13.1 Å². The quantitative estimate of drug-likeness (QED) is 0.925. The molecule has 0 aliphatic carbocycles. The minimum Gasteiger partial charge on any atom is -0.342 e. The lowest BCUT2D eigenvalue weighted by molar-refractivity contribution is -0.130. The lowest BCUT2D eigenvalue weighted by Gasteiger charge is -2.18. The van der Waals surface area contributed by atoms with E-state index in [1.165, 1.54) is 6.07 Å². The van der Waals surface area contributed by atoms with Crippen LogP contribution >= 0.6 is 0 Å². The molecule has 0 unspecified atom stereocenters. The molecule has 2 aliphatic rings. The lowest BCUT2D eigenvalue weighted by Crippen LogP contribution is -2.30. The van der Waals surface area contributed by atoms with E-state index in [1.54, 1.807) is 17.0 Å². The Kier molecular flexibility index (Phi) is 4.69. The standard InChI is InChI=1S/C17H20FN3O2/c18-15-4-2-1-3-14(15)12-9-10-21(11-12)17(23)8-6-13-5-7-16(22)20-19-13/h1-4,12H,5-11H2,(H,20,22)/t12-/m0/s1. The van der Waals surface area contributed by atoms with Gasteiger partial charge in [-0.25, -0.2) is 9.82 Å². The Morgan fingerprint density at radius 1 is 1.35 bits per heavy atom. The first-order chi connectivity index (χ1) is 11.1. The highest BCUT2D eigenvalue weighted by Crippen LogP contribution is 2.29. The van der Waals surface area contributed by atoms with E-state index in [1.807, 2.05) is 6.07 Å². The van der Waals surface area contributed by atoms with Crippen LogP contribution in [0.25, 0.3) is 0 Å². The van der Waals surface area contributed by atoms with Crippen LogP contribution in [0.1, 0.15) is 43.6 Å². The molecule has 0 radical (unpaired) electrons. The Labute approximate surface area is 134 Å². The van der Waals surface area contributed by atoms with Crippen molar-refractivity contribution in [3.8, 4) is 0 Å². The highest BCUT2D eigenvalue weighted by molar-refractivity contribution is 5.94. The Morgan fingerprint density at radius 3 is 2.91 bits per heavy atom. The molecule has 5 nitrogen and oxygen atoms in total. The summed E-state index contributed by atoms with van der Waals surface area (Å²) in [6, 6.07) is 6.78. The summed E-state index contributed by atoms with van der Waals surface area (Å²) in [5, 5.41) is 3.98. The Morgan fingerprint density at radius 2 is 2.17 bits per heavy atom. The number of nitrogens with one attached hydrogen (secondary N) is 1. The predicted octanol–water partition coefficient (Wildman–Crippen LogP) is 2.19. The van der Waals surface area contributed by atoms with Gasteiger partial charge in [-0.1, -0.05) is 18.2 Å². The maximum atomic E-state index is 13.8. The second-order valence-electron chi connectivity index (χ2n) is 6.06. The zero-order chi connectivity index (χ0) is 16.2. The summed E-state index contributed by atoms with van der Waals surface area (Å²) in [6.07, 6.45) is 2.81. The van der Waals surface area contributed by atoms with Gasteiger partial charge in [0.2, 0.25) is 11.8 Å². The molecule has 1 N–H and O–H groups in total. The van der Waals surface area contributed by atoms with Gasteiger partial charge in [-0.15, -0.1) is 0 Å². The van der Waals surface area contributed by atoms with Crippen LogP contribution in [0.3, 0.4) is 0 Å². The summed E-state index contributed by atoms with van der Waals surface area (Å²) >= 11 is 0. The smallest absolute Gasteiger partial charge is 0.240 e. The molecule has 0 bridgehead atoms. The number of halogens is 1. The molecular formula is C17H20FN3O2. The molecule has 2 aliphatic heterocycles. The number of benzene rings is 1. The lowest BCUT2D eigenvalue weighted by atomic mass is 9.98. The molecule has 0 spiro atoms. The van der Waals surface area contributed by atoms with Gasteiger partial charge in [-0.2, -0.15) is 5.10 Å². The number of carbonyl (C=O) groups is 2. The summed E-state index contributed by atoms with van der Waals surface area (Å²) < 4.78 is 13.8. The number of nitrogens with zero attached hydrogens (tertiary/aromatic N) is 2. The maximum Gasteiger partial charge on any atom is 0.240 e. The van der Waals surface area contributed by atoms with Gasteiger partial charge >= 0.3 is 0 Å². The van der Waals surface area contributed by atoms with Crippen LogP contribution in [0.15, 0.2) is 29.4 Å². The number of amides is 2. The van der Waals surface area contributed by atoms with E-state index in [2.05, 4.69) is 10.5 Å². The van der Waals surface area contributed by atoms with Gasteiger partial charge < -0.3 is 4.90 Å². The van der Waals surface area contributed by atoms with Gasteiger partial charge in [0.15, 0.2) is 0 Å². The number of hydrogen-bond donors (Lipinski definition) is 1. The molecule has 1 fully saturated rings. The largest absolute Gasteiger partial charge is 0.342 e. The van der Waals surface area contributed by atoms with E-state index >= 15 is 0 Å². The highest BCUT2D eigenvalue weighted by Gasteiger charge is 2.28. The third-order valence-corrected chi connectivity index (χ3v) is 4.49. The van der Waals surface area contributed by atoms with Crippen LogP contribution in [-0.4, -0.2) is 35.5 Å². The zero-order valence-electron chi connectivity index (χ0n) is 12.9. The van der Waals surface area contributed by atoms with Crippen LogP contribution in [0.4, 0.5) is 4.39 Å². The van der Waals surface area contributed by atoms with Crippen LogP contribution in [0.2, 0.25) is 0 Å². The summed E-state index contributed by atoms with van der Waals surface area (Å²) in [5.41, 5.74) is 4.00.